The molecule has 0 spiro atoms. The Hall–Kier alpha value is -2.50. The van der Waals surface area contributed by atoms with Crippen LogP contribution in [0.5, 0.6) is 0 Å². The second-order valence-corrected chi connectivity index (χ2v) is 7.29. The summed E-state index contributed by atoms with van der Waals surface area (Å²) < 4.78 is 26.3. The molecule has 2 aliphatic rings. The first-order valence-electron chi connectivity index (χ1n) is 8.92. The smallest absolute Gasteiger partial charge is 0.318 e. The number of nitrogens with zero attached hydrogens (tertiary/aromatic N) is 2. The summed E-state index contributed by atoms with van der Waals surface area (Å²) >= 11 is 0. The number of piperidine rings is 1. The van der Waals surface area contributed by atoms with E-state index in [4.69, 9.17) is 0 Å². The first kappa shape index (κ1) is 16.9. The Bertz CT molecular complexity index is 830. The van der Waals surface area contributed by atoms with E-state index in [1.165, 1.54) is 6.07 Å². The number of aromatic nitrogens is 1. The lowest BCUT2D eigenvalue weighted by Crippen LogP contribution is -2.64. The lowest BCUT2D eigenvalue weighted by atomic mass is 9.74. The van der Waals surface area contributed by atoms with Crippen LogP contribution in [0.4, 0.5) is 19.3 Å². The van der Waals surface area contributed by atoms with Crippen LogP contribution >= 0.6 is 0 Å². The molecule has 2 fully saturated rings. The van der Waals surface area contributed by atoms with E-state index in [2.05, 4.69) is 10.3 Å². The number of alkyl halides is 1. The zero-order chi connectivity index (χ0) is 18.3. The Kier molecular flexibility index (Phi) is 4.34. The number of hydrogen-bond acceptors (Lipinski definition) is 2. The van der Waals surface area contributed by atoms with Gasteiger partial charge in [0.15, 0.2) is 0 Å². The third-order valence-electron chi connectivity index (χ3n) is 5.50. The average Bonchev–Trinajstić information content (AvgIpc) is 2.63. The Labute approximate surface area is 151 Å². The third-order valence-corrected chi connectivity index (χ3v) is 5.50. The standard InChI is InChI=1S/C20H21F2N3O/c1-12-2-3-16(7-19(12)14-6-15(22)11-23-10-14)24-20(26)25-17-4-13(9-21)5-18(25)8-17/h2-3,6-7,10-11,13,17-18H,4-5,8-9H2,1H3,(H,24,26). The van der Waals surface area contributed by atoms with Gasteiger partial charge in [-0.3, -0.25) is 9.37 Å². The molecule has 2 amide bonds. The van der Waals surface area contributed by atoms with Crippen molar-refractivity contribution in [2.24, 2.45) is 5.92 Å². The third kappa shape index (κ3) is 3.04. The van der Waals surface area contributed by atoms with Crippen molar-refractivity contribution in [2.45, 2.75) is 38.3 Å². The van der Waals surface area contributed by atoms with Crippen molar-refractivity contribution in [3.8, 4) is 11.1 Å². The van der Waals surface area contributed by atoms with Gasteiger partial charge in [0.2, 0.25) is 0 Å². The highest BCUT2D eigenvalue weighted by Crippen LogP contribution is 2.41. The number of fused-ring (bicyclic) bond motifs is 2. The number of benzene rings is 1. The van der Waals surface area contributed by atoms with Gasteiger partial charge in [-0.15, -0.1) is 0 Å². The summed E-state index contributed by atoms with van der Waals surface area (Å²) in [5.41, 5.74) is 3.13. The summed E-state index contributed by atoms with van der Waals surface area (Å²) in [6.45, 7) is 1.63. The molecule has 2 aliphatic heterocycles. The molecular weight excluding hydrogens is 336 g/mol. The molecule has 2 atom stereocenters. The van der Waals surface area contributed by atoms with Crippen LogP contribution in [-0.4, -0.2) is 34.7 Å². The van der Waals surface area contributed by atoms with Crippen LogP contribution < -0.4 is 5.32 Å². The highest BCUT2D eigenvalue weighted by atomic mass is 19.1. The molecule has 3 heterocycles. The van der Waals surface area contributed by atoms with E-state index in [1.807, 2.05) is 30.0 Å². The molecule has 136 valence electrons. The summed E-state index contributed by atoms with van der Waals surface area (Å²) in [6, 6.07) is 7.14. The quantitative estimate of drug-likeness (QED) is 0.876. The molecule has 2 aromatic rings. The van der Waals surface area contributed by atoms with Crippen molar-refractivity contribution >= 4 is 11.7 Å². The van der Waals surface area contributed by atoms with Crippen molar-refractivity contribution < 1.29 is 13.6 Å². The number of carbonyl (C=O) groups is 1. The number of carbonyl (C=O) groups excluding carboxylic acids is 1. The number of urea groups is 1. The van der Waals surface area contributed by atoms with Gasteiger partial charge in [0.25, 0.3) is 0 Å². The molecule has 2 unspecified atom stereocenters. The first-order valence-corrected chi connectivity index (χ1v) is 8.92. The highest BCUT2D eigenvalue weighted by molar-refractivity contribution is 5.91. The maximum Gasteiger partial charge on any atom is 0.322 e. The number of anilines is 1. The number of amides is 2. The van der Waals surface area contributed by atoms with Crippen LogP contribution in [0.2, 0.25) is 0 Å². The predicted octanol–water partition coefficient (Wildman–Crippen LogP) is 4.55. The largest absolute Gasteiger partial charge is 0.322 e. The summed E-state index contributed by atoms with van der Waals surface area (Å²) in [5.74, 6) is -0.304. The lowest BCUT2D eigenvalue weighted by Gasteiger charge is -2.54. The van der Waals surface area contributed by atoms with Gasteiger partial charge in [0.1, 0.15) is 5.82 Å². The minimum Gasteiger partial charge on any atom is -0.318 e. The SMILES string of the molecule is Cc1ccc(NC(=O)N2C3CC(CF)CC2C3)cc1-c1cncc(F)c1. The van der Waals surface area contributed by atoms with E-state index in [-0.39, 0.29) is 30.7 Å². The van der Waals surface area contributed by atoms with Gasteiger partial charge < -0.3 is 10.2 Å². The first-order chi connectivity index (χ1) is 12.5. The van der Waals surface area contributed by atoms with E-state index in [0.717, 1.165) is 36.6 Å². The van der Waals surface area contributed by atoms with E-state index < -0.39 is 5.82 Å². The Morgan fingerprint density at radius 3 is 2.69 bits per heavy atom. The molecule has 0 radical (unpaired) electrons. The van der Waals surface area contributed by atoms with Gasteiger partial charge >= 0.3 is 6.03 Å². The van der Waals surface area contributed by atoms with Crippen LogP contribution in [0.1, 0.15) is 24.8 Å². The molecule has 1 aromatic heterocycles. The zero-order valence-corrected chi connectivity index (χ0v) is 14.6. The monoisotopic (exact) mass is 357 g/mol. The average molecular weight is 357 g/mol. The lowest BCUT2D eigenvalue weighted by molar-refractivity contribution is -0.0158. The minimum absolute atomic E-state index is 0.0919. The number of rotatable bonds is 3. The van der Waals surface area contributed by atoms with E-state index in [9.17, 15) is 13.6 Å². The molecule has 26 heavy (non-hydrogen) atoms. The van der Waals surface area contributed by atoms with Gasteiger partial charge in [-0.2, -0.15) is 0 Å². The van der Waals surface area contributed by atoms with Crippen molar-refractivity contribution in [3.63, 3.8) is 0 Å². The number of halogens is 2. The molecule has 1 aromatic carbocycles. The highest BCUT2D eigenvalue weighted by Gasteiger charge is 2.47. The predicted molar refractivity (Wildman–Crippen MR) is 96.1 cm³/mol. The minimum atomic E-state index is -0.396. The number of hydrogen-bond donors (Lipinski definition) is 1. The van der Waals surface area contributed by atoms with Crippen molar-refractivity contribution in [3.05, 3.63) is 48.0 Å². The van der Waals surface area contributed by atoms with Gasteiger partial charge in [-0.25, -0.2) is 9.18 Å². The summed E-state index contributed by atoms with van der Waals surface area (Å²) in [7, 11) is 0. The maximum atomic E-state index is 13.5. The number of nitrogens with one attached hydrogen (secondary N) is 1. The second-order valence-electron chi connectivity index (χ2n) is 7.29. The molecule has 4 nitrogen and oxygen atoms in total. The number of aryl methyl sites for hydroxylation is 1. The summed E-state index contributed by atoms with van der Waals surface area (Å²) in [4.78, 5) is 18.4. The topological polar surface area (TPSA) is 45.2 Å². The van der Waals surface area contributed by atoms with Gasteiger partial charge in [0.05, 0.1) is 12.9 Å². The van der Waals surface area contributed by atoms with Crippen LogP contribution in [0.25, 0.3) is 11.1 Å². The molecule has 0 aliphatic carbocycles. The molecule has 4 rings (SSSR count). The van der Waals surface area contributed by atoms with E-state index in [0.29, 0.717) is 11.3 Å². The molecule has 2 saturated heterocycles. The fourth-order valence-corrected chi connectivity index (χ4v) is 4.20. The normalized spacial score (nSPS) is 24.1. The molecule has 0 saturated carbocycles. The zero-order valence-electron chi connectivity index (χ0n) is 14.6. The summed E-state index contributed by atoms with van der Waals surface area (Å²) in [5, 5.41) is 2.94. The molecular formula is C20H21F2N3O. The van der Waals surface area contributed by atoms with Crippen LogP contribution in [-0.2, 0) is 0 Å². The Balaban J connectivity index is 1.51. The fourth-order valence-electron chi connectivity index (χ4n) is 4.20. The number of pyridine rings is 1. The summed E-state index contributed by atoms with van der Waals surface area (Å²) in [6.07, 6.45) is 5.23. The Morgan fingerprint density at radius 1 is 1.23 bits per heavy atom. The van der Waals surface area contributed by atoms with Gasteiger partial charge in [-0.05, 0) is 61.4 Å². The molecule has 1 N–H and O–H groups in total. The maximum absolute atomic E-state index is 13.5. The van der Waals surface area contributed by atoms with Crippen LogP contribution in [0.3, 0.4) is 0 Å². The van der Waals surface area contributed by atoms with Crippen molar-refractivity contribution in [2.75, 3.05) is 12.0 Å². The van der Waals surface area contributed by atoms with Crippen LogP contribution in [0.15, 0.2) is 36.7 Å². The van der Waals surface area contributed by atoms with E-state index >= 15 is 0 Å². The molecule has 6 heteroatoms. The molecule has 2 bridgehead atoms. The van der Waals surface area contributed by atoms with Crippen LogP contribution in [0, 0.1) is 18.7 Å². The fraction of sp³-hybridized carbons (Fsp3) is 0.400. The van der Waals surface area contributed by atoms with Crippen molar-refractivity contribution in [1.29, 1.82) is 0 Å². The Morgan fingerprint density at radius 2 is 2.00 bits per heavy atom. The van der Waals surface area contributed by atoms with Gasteiger partial charge in [0, 0.05) is 29.5 Å². The van der Waals surface area contributed by atoms with Crippen molar-refractivity contribution in [1.82, 2.24) is 9.88 Å². The van der Waals surface area contributed by atoms with E-state index in [1.54, 1.807) is 6.20 Å². The van der Waals surface area contributed by atoms with Gasteiger partial charge in [-0.1, -0.05) is 6.07 Å². The second kappa shape index (κ2) is 6.67.